The summed E-state index contributed by atoms with van der Waals surface area (Å²) in [6.45, 7) is 0. The molecule has 0 heterocycles. The monoisotopic (exact) mass is 238 g/mol. The number of hydrogen-bond donors (Lipinski definition) is 1. The summed E-state index contributed by atoms with van der Waals surface area (Å²) in [5, 5.41) is 9.04. The standard InChI is InChI=1S/C14H22O3/c15-13(10-5-2-1-3-6-10)11-7-4-8-12(9-11)14(16)17/h10-12H,1-9H2,(H,16,17). The number of carboxylic acids is 1. The molecule has 3 nitrogen and oxygen atoms in total. The Bertz CT molecular complexity index is 292. The van der Waals surface area contributed by atoms with Crippen molar-refractivity contribution in [2.75, 3.05) is 0 Å². The number of carbonyl (C=O) groups excluding carboxylic acids is 1. The molecule has 2 atom stereocenters. The fraction of sp³-hybridized carbons (Fsp3) is 0.857. The van der Waals surface area contributed by atoms with Gasteiger partial charge in [-0.1, -0.05) is 25.7 Å². The topological polar surface area (TPSA) is 54.4 Å². The van der Waals surface area contributed by atoms with Crippen LogP contribution in [0.15, 0.2) is 0 Å². The number of carboxylic acid groups (broad SMARTS) is 1. The summed E-state index contributed by atoms with van der Waals surface area (Å²) in [4.78, 5) is 23.3. The first kappa shape index (κ1) is 12.6. The van der Waals surface area contributed by atoms with Crippen LogP contribution in [0.3, 0.4) is 0 Å². The lowest BCUT2D eigenvalue weighted by Crippen LogP contribution is -2.31. The molecule has 2 rings (SSSR count). The van der Waals surface area contributed by atoms with Gasteiger partial charge in [0.25, 0.3) is 0 Å². The maximum atomic E-state index is 12.3. The molecule has 0 aromatic rings. The summed E-state index contributed by atoms with van der Waals surface area (Å²) < 4.78 is 0. The van der Waals surface area contributed by atoms with Crippen LogP contribution in [0.1, 0.15) is 57.8 Å². The van der Waals surface area contributed by atoms with Crippen molar-refractivity contribution in [1.29, 1.82) is 0 Å². The molecule has 2 saturated carbocycles. The fourth-order valence-electron chi connectivity index (χ4n) is 3.39. The minimum Gasteiger partial charge on any atom is -0.481 e. The van der Waals surface area contributed by atoms with E-state index in [0.717, 1.165) is 32.1 Å². The zero-order valence-electron chi connectivity index (χ0n) is 10.4. The molecule has 2 fully saturated rings. The van der Waals surface area contributed by atoms with Crippen LogP contribution in [0.5, 0.6) is 0 Å². The van der Waals surface area contributed by atoms with E-state index in [9.17, 15) is 9.59 Å². The summed E-state index contributed by atoms with van der Waals surface area (Å²) in [6.07, 6.45) is 8.83. The highest BCUT2D eigenvalue weighted by molar-refractivity contribution is 5.84. The van der Waals surface area contributed by atoms with E-state index >= 15 is 0 Å². The van der Waals surface area contributed by atoms with Crippen LogP contribution in [0.4, 0.5) is 0 Å². The van der Waals surface area contributed by atoms with E-state index in [1.807, 2.05) is 0 Å². The molecule has 0 spiro atoms. The van der Waals surface area contributed by atoms with Gasteiger partial charge < -0.3 is 5.11 Å². The molecule has 0 aromatic heterocycles. The van der Waals surface area contributed by atoms with Crippen molar-refractivity contribution >= 4 is 11.8 Å². The molecule has 17 heavy (non-hydrogen) atoms. The van der Waals surface area contributed by atoms with Gasteiger partial charge >= 0.3 is 5.97 Å². The van der Waals surface area contributed by atoms with Gasteiger partial charge in [-0.25, -0.2) is 0 Å². The van der Waals surface area contributed by atoms with Gasteiger partial charge in [0, 0.05) is 11.8 Å². The molecular formula is C14H22O3. The molecule has 2 unspecified atom stereocenters. The van der Waals surface area contributed by atoms with Crippen LogP contribution in [-0.2, 0) is 9.59 Å². The fourth-order valence-corrected chi connectivity index (χ4v) is 3.39. The Labute approximate surface area is 103 Å². The lowest BCUT2D eigenvalue weighted by molar-refractivity contribution is -0.144. The van der Waals surface area contributed by atoms with Gasteiger partial charge in [0.05, 0.1) is 5.92 Å². The second kappa shape index (κ2) is 5.65. The normalized spacial score (nSPS) is 31.1. The van der Waals surface area contributed by atoms with Crippen molar-refractivity contribution in [3.63, 3.8) is 0 Å². The third-order valence-corrected chi connectivity index (χ3v) is 4.43. The summed E-state index contributed by atoms with van der Waals surface area (Å²) >= 11 is 0. The first-order valence-corrected chi connectivity index (χ1v) is 6.95. The number of carbonyl (C=O) groups is 2. The van der Waals surface area contributed by atoms with E-state index in [1.165, 1.54) is 19.3 Å². The number of hydrogen-bond acceptors (Lipinski definition) is 2. The molecule has 0 bridgehead atoms. The van der Waals surface area contributed by atoms with Crippen molar-refractivity contribution in [2.24, 2.45) is 17.8 Å². The third-order valence-electron chi connectivity index (χ3n) is 4.43. The van der Waals surface area contributed by atoms with Crippen LogP contribution in [0.25, 0.3) is 0 Å². The molecule has 0 radical (unpaired) electrons. The average Bonchev–Trinajstić information content (AvgIpc) is 2.39. The molecular weight excluding hydrogens is 216 g/mol. The number of ketones is 1. The highest BCUT2D eigenvalue weighted by atomic mass is 16.4. The minimum atomic E-state index is -0.717. The Morgan fingerprint density at radius 1 is 0.765 bits per heavy atom. The predicted octanol–water partition coefficient (Wildman–Crippen LogP) is 3.03. The van der Waals surface area contributed by atoms with Crippen molar-refractivity contribution in [1.82, 2.24) is 0 Å². The second-order valence-electron chi connectivity index (χ2n) is 5.64. The van der Waals surface area contributed by atoms with Crippen LogP contribution >= 0.6 is 0 Å². The molecule has 0 saturated heterocycles. The molecule has 3 heteroatoms. The lowest BCUT2D eigenvalue weighted by atomic mass is 9.73. The molecule has 96 valence electrons. The number of rotatable bonds is 3. The van der Waals surface area contributed by atoms with E-state index < -0.39 is 5.97 Å². The first-order valence-electron chi connectivity index (χ1n) is 6.95. The molecule has 0 aromatic carbocycles. The van der Waals surface area contributed by atoms with Gasteiger partial charge in [-0.15, -0.1) is 0 Å². The Kier molecular flexibility index (Phi) is 4.19. The molecule has 2 aliphatic carbocycles. The quantitative estimate of drug-likeness (QED) is 0.822. The SMILES string of the molecule is O=C(O)C1CCCC(C(=O)C2CCCCC2)C1. The highest BCUT2D eigenvalue weighted by Crippen LogP contribution is 2.35. The largest absolute Gasteiger partial charge is 0.481 e. The van der Waals surface area contributed by atoms with Crippen LogP contribution in [0.2, 0.25) is 0 Å². The van der Waals surface area contributed by atoms with Crippen LogP contribution in [0, 0.1) is 17.8 Å². The van der Waals surface area contributed by atoms with Crippen LogP contribution < -0.4 is 0 Å². The summed E-state index contributed by atoms with van der Waals surface area (Å²) in [5.74, 6) is -0.350. The summed E-state index contributed by atoms with van der Waals surface area (Å²) in [5.41, 5.74) is 0. The summed E-state index contributed by atoms with van der Waals surface area (Å²) in [6, 6.07) is 0. The lowest BCUT2D eigenvalue weighted by Gasteiger charge is -2.30. The zero-order valence-corrected chi connectivity index (χ0v) is 10.4. The maximum Gasteiger partial charge on any atom is 0.306 e. The molecule has 0 amide bonds. The van der Waals surface area contributed by atoms with Gasteiger partial charge in [-0.2, -0.15) is 0 Å². The second-order valence-corrected chi connectivity index (χ2v) is 5.64. The maximum absolute atomic E-state index is 12.3. The van der Waals surface area contributed by atoms with Gasteiger partial charge in [0.15, 0.2) is 0 Å². The van der Waals surface area contributed by atoms with Gasteiger partial charge in [-0.05, 0) is 32.1 Å². The Morgan fingerprint density at radius 3 is 2.00 bits per heavy atom. The van der Waals surface area contributed by atoms with Crippen LogP contribution in [-0.4, -0.2) is 16.9 Å². The van der Waals surface area contributed by atoms with E-state index in [4.69, 9.17) is 5.11 Å². The Hall–Kier alpha value is -0.860. The van der Waals surface area contributed by atoms with Crippen molar-refractivity contribution in [3.8, 4) is 0 Å². The number of aliphatic carboxylic acids is 1. The van der Waals surface area contributed by atoms with Crippen molar-refractivity contribution in [2.45, 2.75) is 57.8 Å². The zero-order chi connectivity index (χ0) is 12.3. The first-order chi connectivity index (χ1) is 8.18. The summed E-state index contributed by atoms with van der Waals surface area (Å²) in [7, 11) is 0. The molecule has 2 aliphatic rings. The van der Waals surface area contributed by atoms with E-state index in [-0.39, 0.29) is 17.8 Å². The molecule has 1 N–H and O–H groups in total. The minimum absolute atomic E-state index is 0.0351. The van der Waals surface area contributed by atoms with Gasteiger partial charge in [0.2, 0.25) is 0 Å². The molecule has 0 aliphatic heterocycles. The van der Waals surface area contributed by atoms with E-state index in [2.05, 4.69) is 0 Å². The Morgan fingerprint density at radius 2 is 1.35 bits per heavy atom. The highest BCUT2D eigenvalue weighted by Gasteiger charge is 2.34. The van der Waals surface area contributed by atoms with Crippen molar-refractivity contribution < 1.29 is 14.7 Å². The number of Topliss-reactive ketones (excluding diaryl/α,β-unsaturated/α-hetero) is 1. The predicted molar refractivity (Wildman–Crippen MR) is 64.7 cm³/mol. The Balaban J connectivity index is 1.91. The smallest absolute Gasteiger partial charge is 0.306 e. The van der Waals surface area contributed by atoms with Gasteiger partial charge in [0.1, 0.15) is 5.78 Å². The van der Waals surface area contributed by atoms with Gasteiger partial charge in [-0.3, -0.25) is 9.59 Å². The van der Waals surface area contributed by atoms with E-state index in [1.54, 1.807) is 0 Å². The average molecular weight is 238 g/mol. The third kappa shape index (κ3) is 3.08. The van der Waals surface area contributed by atoms with E-state index in [0.29, 0.717) is 12.2 Å². The van der Waals surface area contributed by atoms with Crippen molar-refractivity contribution in [3.05, 3.63) is 0 Å².